The van der Waals surface area contributed by atoms with E-state index in [4.69, 9.17) is 5.11 Å². The third-order valence-electron chi connectivity index (χ3n) is 4.43. The van der Waals surface area contributed by atoms with Crippen molar-refractivity contribution >= 4 is 27.6 Å². The zero-order valence-corrected chi connectivity index (χ0v) is 15.4. The Labute approximate surface area is 157 Å². The van der Waals surface area contributed by atoms with Crippen LogP contribution in [0.15, 0.2) is 47.4 Å². The number of carbonyl (C=O) groups excluding carboxylic acids is 1. The number of nitrogens with one attached hydrogen (secondary N) is 2. The van der Waals surface area contributed by atoms with Crippen molar-refractivity contribution in [2.24, 2.45) is 0 Å². The molecule has 8 heteroatoms. The van der Waals surface area contributed by atoms with Crippen molar-refractivity contribution in [1.82, 2.24) is 5.32 Å². The number of aliphatic carboxylic acids is 1. The van der Waals surface area contributed by atoms with Crippen LogP contribution in [0.3, 0.4) is 0 Å². The maximum absolute atomic E-state index is 12.6. The van der Waals surface area contributed by atoms with E-state index in [-0.39, 0.29) is 10.5 Å². The molecule has 0 bridgehead atoms. The van der Waals surface area contributed by atoms with E-state index in [2.05, 4.69) is 10.0 Å². The van der Waals surface area contributed by atoms with Gasteiger partial charge in [0, 0.05) is 11.3 Å². The van der Waals surface area contributed by atoms with Crippen molar-refractivity contribution in [2.45, 2.75) is 30.6 Å². The smallest absolute Gasteiger partial charge is 0.322 e. The first-order chi connectivity index (χ1) is 12.8. The van der Waals surface area contributed by atoms with Gasteiger partial charge in [-0.3, -0.25) is 14.3 Å². The Morgan fingerprint density at radius 3 is 2.30 bits per heavy atom. The molecule has 3 N–H and O–H groups in total. The number of rotatable bonds is 6. The predicted octanol–water partition coefficient (Wildman–Crippen LogP) is 2.18. The number of anilines is 1. The number of carboxylic acid groups (broad SMARTS) is 1. The van der Waals surface area contributed by atoms with Crippen LogP contribution in [0.1, 0.15) is 34.3 Å². The second kappa shape index (κ2) is 7.79. The third kappa shape index (κ3) is 4.65. The van der Waals surface area contributed by atoms with Crippen molar-refractivity contribution in [3.63, 3.8) is 0 Å². The highest BCUT2D eigenvalue weighted by Crippen LogP contribution is 2.25. The molecule has 0 aromatic heterocycles. The van der Waals surface area contributed by atoms with Gasteiger partial charge >= 0.3 is 5.97 Å². The average Bonchev–Trinajstić information content (AvgIpc) is 2.66. The second-order valence-electron chi connectivity index (χ2n) is 6.40. The lowest BCUT2D eigenvalue weighted by Crippen LogP contribution is -2.29. The summed E-state index contributed by atoms with van der Waals surface area (Å²) in [7, 11) is -3.73. The first-order valence-electron chi connectivity index (χ1n) is 8.60. The molecule has 0 fully saturated rings. The summed E-state index contributed by atoms with van der Waals surface area (Å²) < 4.78 is 27.8. The lowest BCUT2D eigenvalue weighted by molar-refractivity contribution is -0.135. The van der Waals surface area contributed by atoms with E-state index in [9.17, 15) is 18.0 Å². The minimum absolute atomic E-state index is 0.214. The van der Waals surface area contributed by atoms with Crippen molar-refractivity contribution in [1.29, 1.82) is 0 Å². The normalized spacial score (nSPS) is 13.5. The Hall–Kier alpha value is -2.87. The molecular weight excluding hydrogens is 368 g/mol. The van der Waals surface area contributed by atoms with Crippen molar-refractivity contribution in [3.8, 4) is 0 Å². The van der Waals surface area contributed by atoms with Crippen LogP contribution in [0.4, 0.5) is 5.69 Å². The van der Waals surface area contributed by atoms with Crippen LogP contribution in [-0.4, -0.2) is 31.9 Å². The fourth-order valence-corrected chi connectivity index (χ4v) is 4.15. The molecule has 142 valence electrons. The van der Waals surface area contributed by atoms with Gasteiger partial charge in [-0.25, -0.2) is 8.42 Å². The van der Waals surface area contributed by atoms with Gasteiger partial charge in [-0.15, -0.1) is 0 Å². The first kappa shape index (κ1) is 18.9. The Balaban J connectivity index is 1.72. The largest absolute Gasteiger partial charge is 0.480 e. The van der Waals surface area contributed by atoms with Crippen LogP contribution < -0.4 is 10.0 Å². The molecule has 2 aromatic rings. The van der Waals surface area contributed by atoms with Crippen LogP contribution in [0, 0.1) is 0 Å². The quantitative estimate of drug-likeness (QED) is 0.702. The average molecular weight is 388 g/mol. The molecule has 0 saturated heterocycles. The molecule has 1 aliphatic rings. The molecule has 0 atom stereocenters. The van der Waals surface area contributed by atoms with E-state index < -0.39 is 28.4 Å². The van der Waals surface area contributed by atoms with Gasteiger partial charge in [-0.05, 0) is 73.2 Å². The van der Waals surface area contributed by atoms with Gasteiger partial charge in [-0.2, -0.15) is 0 Å². The lowest BCUT2D eigenvalue weighted by atomic mass is 9.92. The van der Waals surface area contributed by atoms with E-state index in [0.29, 0.717) is 5.69 Å². The molecule has 0 saturated carbocycles. The van der Waals surface area contributed by atoms with Gasteiger partial charge in [0.25, 0.3) is 15.9 Å². The third-order valence-corrected chi connectivity index (χ3v) is 5.81. The number of aryl methyl sites for hydroxylation is 2. The highest BCUT2D eigenvalue weighted by molar-refractivity contribution is 7.92. The van der Waals surface area contributed by atoms with Crippen molar-refractivity contribution in [2.75, 3.05) is 11.3 Å². The Morgan fingerprint density at radius 1 is 0.963 bits per heavy atom. The van der Waals surface area contributed by atoms with E-state index in [1.54, 1.807) is 12.1 Å². The monoisotopic (exact) mass is 388 g/mol. The molecule has 0 radical (unpaired) electrons. The first-order valence-corrected chi connectivity index (χ1v) is 10.1. The van der Waals surface area contributed by atoms with Gasteiger partial charge in [0.1, 0.15) is 6.54 Å². The number of hydrogen-bond acceptors (Lipinski definition) is 4. The van der Waals surface area contributed by atoms with E-state index in [1.807, 2.05) is 6.07 Å². The summed E-state index contributed by atoms with van der Waals surface area (Å²) in [6, 6.07) is 11.0. The minimum Gasteiger partial charge on any atom is -0.480 e. The molecule has 0 heterocycles. The van der Waals surface area contributed by atoms with Gasteiger partial charge in [0.15, 0.2) is 0 Å². The summed E-state index contributed by atoms with van der Waals surface area (Å²) in [5.74, 6) is -1.68. The summed E-state index contributed by atoms with van der Waals surface area (Å²) in [5.41, 5.74) is 2.85. The Bertz CT molecular complexity index is 968. The second-order valence-corrected chi connectivity index (χ2v) is 8.08. The number of sulfonamides is 1. The highest BCUT2D eigenvalue weighted by Gasteiger charge is 2.18. The maximum Gasteiger partial charge on any atom is 0.322 e. The molecule has 27 heavy (non-hydrogen) atoms. The highest BCUT2D eigenvalue weighted by atomic mass is 32.2. The maximum atomic E-state index is 12.6. The molecule has 7 nitrogen and oxygen atoms in total. The molecular formula is C19H20N2O5S. The summed E-state index contributed by atoms with van der Waals surface area (Å²) in [6.07, 6.45) is 4.06. The zero-order chi connectivity index (χ0) is 19.4. The predicted molar refractivity (Wildman–Crippen MR) is 100 cm³/mol. The van der Waals surface area contributed by atoms with Crippen molar-refractivity contribution in [3.05, 3.63) is 59.2 Å². The van der Waals surface area contributed by atoms with Gasteiger partial charge in [0.05, 0.1) is 4.90 Å². The summed E-state index contributed by atoms with van der Waals surface area (Å²) in [4.78, 5) is 22.5. The minimum atomic E-state index is -3.73. The molecule has 0 aliphatic heterocycles. The van der Waals surface area contributed by atoms with Gasteiger partial charge < -0.3 is 10.4 Å². The molecule has 2 aromatic carbocycles. The molecule has 0 unspecified atom stereocenters. The molecule has 0 spiro atoms. The number of fused-ring (bicyclic) bond motifs is 1. The lowest BCUT2D eigenvalue weighted by Gasteiger charge is -2.17. The topological polar surface area (TPSA) is 113 Å². The van der Waals surface area contributed by atoms with Gasteiger partial charge in [0.2, 0.25) is 0 Å². The van der Waals surface area contributed by atoms with E-state index in [0.717, 1.165) is 31.2 Å². The van der Waals surface area contributed by atoms with Crippen LogP contribution in [-0.2, 0) is 27.7 Å². The van der Waals surface area contributed by atoms with Crippen LogP contribution in [0.25, 0.3) is 0 Å². The zero-order valence-electron chi connectivity index (χ0n) is 14.6. The van der Waals surface area contributed by atoms with E-state index >= 15 is 0 Å². The summed E-state index contributed by atoms with van der Waals surface area (Å²) in [5, 5.41) is 10.8. The van der Waals surface area contributed by atoms with Crippen LogP contribution >= 0.6 is 0 Å². The molecule has 3 rings (SSSR count). The SMILES string of the molecule is O=C(O)CNC(=O)c1ccc(NS(=O)(=O)c2ccc3c(c2)CCCC3)cc1. The van der Waals surface area contributed by atoms with Crippen LogP contribution in [0.5, 0.6) is 0 Å². The number of amides is 1. The van der Waals surface area contributed by atoms with Crippen LogP contribution in [0.2, 0.25) is 0 Å². The fourth-order valence-electron chi connectivity index (χ4n) is 3.04. The van der Waals surface area contributed by atoms with Gasteiger partial charge in [-0.1, -0.05) is 6.07 Å². The summed E-state index contributed by atoms with van der Waals surface area (Å²) in [6.45, 7) is -0.481. The van der Waals surface area contributed by atoms with Crippen molar-refractivity contribution < 1.29 is 23.1 Å². The summed E-state index contributed by atoms with van der Waals surface area (Å²) >= 11 is 0. The number of carbonyl (C=O) groups is 2. The standard InChI is InChI=1S/C19H20N2O5S/c22-18(23)12-20-19(24)14-5-8-16(9-6-14)21-27(25,26)17-10-7-13-3-1-2-4-15(13)11-17/h5-11,21H,1-4,12H2,(H,20,24)(H,22,23). The number of benzene rings is 2. The number of hydrogen-bond donors (Lipinski definition) is 3. The number of carboxylic acids is 1. The Kier molecular flexibility index (Phi) is 5.46. The molecule has 1 amide bonds. The Morgan fingerprint density at radius 2 is 1.63 bits per heavy atom. The van der Waals surface area contributed by atoms with E-state index in [1.165, 1.54) is 29.8 Å². The molecule has 1 aliphatic carbocycles. The fraction of sp³-hybridized carbons (Fsp3) is 0.263.